The van der Waals surface area contributed by atoms with Crippen LogP contribution in [0.25, 0.3) is 10.9 Å². The second kappa shape index (κ2) is 5.81. The molecule has 0 saturated carbocycles. The molecule has 1 aliphatic heterocycles. The van der Waals surface area contributed by atoms with Gasteiger partial charge in [-0.15, -0.1) is 12.4 Å². The number of amides is 1. The van der Waals surface area contributed by atoms with Crippen LogP contribution in [0.2, 0.25) is 0 Å². The number of H-pyrrole nitrogens is 1. The molecule has 20 heavy (non-hydrogen) atoms. The predicted molar refractivity (Wildman–Crippen MR) is 81.0 cm³/mol. The zero-order chi connectivity index (χ0) is 13.4. The standard InChI is InChI=1S/C14H18N4O.ClH/c1-9-6-10(7-15)8-18(9)14(19)13-11-4-2-3-5-12(11)16-17-13;/h2-5,9-10H,6-8,15H2,1H3,(H,16,17);1H. The van der Waals surface area contributed by atoms with Crippen molar-refractivity contribution in [2.24, 2.45) is 11.7 Å². The van der Waals surface area contributed by atoms with Crippen LogP contribution in [0.4, 0.5) is 0 Å². The minimum Gasteiger partial charge on any atom is -0.334 e. The van der Waals surface area contributed by atoms with Crippen LogP contribution in [0.5, 0.6) is 0 Å². The molecule has 1 aliphatic rings. The molecule has 108 valence electrons. The van der Waals surface area contributed by atoms with Crippen molar-refractivity contribution in [1.29, 1.82) is 0 Å². The molecule has 1 aromatic carbocycles. The fourth-order valence-corrected chi connectivity index (χ4v) is 2.86. The number of carbonyl (C=O) groups is 1. The van der Waals surface area contributed by atoms with Crippen LogP contribution in [0.3, 0.4) is 0 Å². The molecule has 2 atom stereocenters. The van der Waals surface area contributed by atoms with E-state index in [-0.39, 0.29) is 24.4 Å². The lowest BCUT2D eigenvalue weighted by atomic mass is 10.1. The van der Waals surface area contributed by atoms with E-state index in [0.29, 0.717) is 18.2 Å². The second-order valence-corrected chi connectivity index (χ2v) is 5.26. The summed E-state index contributed by atoms with van der Waals surface area (Å²) in [5.74, 6) is 0.407. The van der Waals surface area contributed by atoms with Crippen molar-refractivity contribution < 1.29 is 4.79 Å². The summed E-state index contributed by atoms with van der Waals surface area (Å²) in [6.45, 7) is 3.44. The van der Waals surface area contributed by atoms with Crippen LogP contribution in [0.15, 0.2) is 24.3 Å². The van der Waals surface area contributed by atoms with Crippen LogP contribution in [0.1, 0.15) is 23.8 Å². The van der Waals surface area contributed by atoms with E-state index in [2.05, 4.69) is 17.1 Å². The molecule has 0 bridgehead atoms. The molecule has 2 unspecified atom stereocenters. The van der Waals surface area contributed by atoms with Gasteiger partial charge in [0.05, 0.1) is 5.52 Å². The lowest BCUT2D eigenvalue weighted by Crippen LogP contribution is -2.34. The number of carbonyl (C=O) groups excluding carboxylic acids is 1. The molecule has 6 heteroatoms. The number of nitrogens with zero attached hydrogens (tertiary/aromatic N) is 2. The summed E-state index contributed by atoms with van der Waals surface area (Å²) in [4.78, 5) is 14.5. The summed E-state index contributed by atoms with van der Waals surface area (Å²) in [5, 5.41) is 7.97. The van der Waals surface area contributed by atoms with Gasteiger partial charge in [-0.3, -0.25) is 9.89 Å². The normalized spacial score (nSPS) is 22.0. The fraction of sp³-hybridized carbons (Fsp3) is 0.429. The first-order valence-electron chi connectivity index (χ1n) is 6.65. The quantitative estimate of drug-likeness (QED) is 0.887. The van der Waals surface area contributed by atoms with E-state index in [0.717, 1.165) is 23.9 Å². The van der Waals surface area contributed by atoms with Crippen LogP contribution < -0.4 is 5.73 Å². The Morgan fingerprint density at radius 3 is 2.95 bits per heavy atom. The van der Waals surface area contributed by atoms with E-state index >= 15 is 0 Å². The van der Waals surface area contributed by atoms with E-state index in [1.807, 2.05) is 29.2 Å². The van der Waals surface area contributed by atoms with Gasteiger partial charge in [-0.1, -0.05) is 18.2 Å². The molecule has 3 rings (SSSR count). The van der Waals surface area contributed by atoms with Crippen LogP contribution in [-0.2, 0) is 0 Å². The molecule has 1 fully saturated rings. The first kappa shape index (κ1) is 14.8. The average Bonchev–Trinajstić information content (AvgIpc) is 3.01. The number of nitrogens with one attached hydrogen (secondary N) is 1. The van der Waals surface area contributed by atoms with E-state index < -0.39 is 0 Å². The van der Waals surface area contributed by atoms with Crippen LogP contribution >= 0.6 is 12.4 Å². The summed E-state index contributed by atoms with van der Waals surface area (Å²) in [5.41, 5.74) is 7.12. The number of hydrogen-bond donors (Lipinski definition) is 2. The predicted octanol–water partition coefficient (Wildman–Crippen LogP) is 1.79. The van der Waals surface area contributed by atoms with E-state index in [9.17, 15) is 4.79 Å². The summed E-state index contributed by atoms with van der Waals surface area (Å²) in [7, 11) is 0. The van der Waals surface area contributed by atoms with Crippen molar-refractivity contribution in [1.82, 2.24) is 15.1 Å². The molecular formula is C14H19ClN4O. The lowest BCUT2D eigenvalue weighted by molar-refractivity contribution is 0.0739. The minimum atomic E-state index is 0. The number of likely N-dealkylation sites (tertiary alicyclic amines) is 1. The first-order valence-corrected chi connectivity index (χ1v) is 6.65. The van der Waals surface area contributed by atoms with Crippen molar-refractivity contribution in [2.45, 2.75) is 19.4 Å². The highest BCUT2D eigenvalue weighted by molar-refractivity contribution is 6.04. The summed E-state index contributed by atoms with van der Waals surface area (Å²) in [6.07, 6.45) is 0.977. The Labute approximate surface area is 123 Å². The summed E-state index contributed by atoms with van der Waals surface area (Å²) >= 11 is 0. The van der Waals surface area contributed by atoms with Crippen molar-refractivity contribution in [2.75, 3.05) is 13.1 Å². The Hall–Kier alpha value is -1.59. The molecule has 3 N–H and O–H groups in total. The molecule has 0 aliphatic carbocycles. The third-order valence-electron chi connectivity index (χ3n) is 3.93. The zero-order valence-corrected chi connectivity index (χ0v) is 12.2. The molecular weight excluding hydrogens is 276 g/mol. The molecule has 0 spiro atoms. The monoisotopic (exact) mass is 294 g/mol. The molecule has 1 amide bonds. The smallest absolute Gasteiger partial charge is 0.275 e. The Morgan fingerprint density at radius 2 is 2.25 bits per heavy atom. The topological polar surface area (TPSA) is 75.0 Å². The fourth-order valence-electron chi connectivity index (χ4n) is 2.86. The SMILES string of the molecule is CC1CC(CN)CN1C(=O)c1n[nH]c2ccccc12.Cl. The second-order valence-electron chi connectivity index (χ2n) is 5.26. The molecule has 5 nitrogen and oxygen atoms in total. The summed E-state index contributed by atoms with van der Waals surface area (Å²) in [6, 6.07) is 7.93. The molecule has 0 radical (unpaired) electrons. The number of hydrogen-bond acceptors (Lipinski definition) is 3. The van der Waals surface area contributed by atoms with E-state index in [1.54, 1.807) is 0 Å². The van der Waals surface area contributed by atoms with Crippen molar-refractivity contribution >= 4 is 29.2 Å². The number of fused-ring (bicyclic) bond motifs is 1. The highest BCUT2D eigenvalue weighted by Gasteiger charge is 2.33. The molecule has 1 saturated heterocycles. The van der Waals surface area contributed by atoms with Crippen molar-refractivity contribution in [3.8, 4) is 0 Å². The minimum absolute atomic E-state index is 0. The number of aromatic nitrogens is 2. The van der Waals surface area contributed by atoms with Gasteiger partial charge in [0.2, 0.25) is 0 Å². The van der Waals surface area contributed by atoms with Gasteiger partial charge < -0.3 is 10.6 Å². The number of halogens is 1. The van der Waals surface area contributed by atoms with E-state index in [4.69, 9.17) is 5.73 Å². The Morgan fingerprint density at radius 1 is 1.50 bits per heavy atom. The number of nitrogens with two attached hydrogens (primary N) is 1. The van der Waals surface area contributed by atoms with Gasteiger partial charge in [0.1, 0.15) is 0 Å². The maximum Gasteiger partial charge on any atom is 0.275 e. The number of benzene rings is 1. The molecule has 1 aromatic heterocycles. The number of rotatable bonds is 2. The zero-order valence-electron chi connectivity index (χ0n) is 11.4. The maximum absolute atomic E-state index is 12.6. The Bertz CT molecular complexity index is 612. The van der Waals surface area contributed by atoms with E-state index in [1.165, 1.54) is 0 Å². The van der Waals surface area contributed by atoms with Gasteiger partial charge in [0.15, 0.2) is 5.69 Å². The maximum atomic E-state index is 12.6. The first-order chi connectivity index (χ1) is 9.20. The highest BCUT2D eigenvalue weighted by Crippen LogP contribution is 2.25. The van der Waals surface area contributed by atoms with Crippen molar-refractivity contribution in [3.05, 3.63) is 30.0 Å². The largest absolute Gasteiger partial charge is 0.334 e. The third kappa shape index (κ3) is 2.39. The van der Waals surface area contributed by atoms with Crippen molar-refractivity contribution in [3.63, 3.8) is 0 Å². The Balaban J connectivity index is 0.00000147. The number of aromatic amines is 1. The molecule has 2 aromatic rings. The molecule has 2 heterocycles. The van der Waals surface area contributed by atoms with Crippen LogP contribution in [0, 0.1) is 5.92 Å². The van der Waals surface area contributed by atoms with Gasteiger partial charge in [-0.25, -0.2) is 0 Å². The van der Waals surface area contributed by atoms with Gasteiger partial charge in [0, 0.05) is 18.0 Å². The van der Waals surface area contributed by atoms with Gasteiger partial charge >= 0.3 is 0 Å². The summed E-state index contributed by atoms with van der Waals surface area (Å²) < 4.78 is 0. The van der Waals surface area contributed by atoms with Crippen LogP contribution in [-0.4, -0.2) is 40.1 Å². The third-order valence-corrected chi connectivity index (χ3v) is 3.93. The highest BCUT2D eigenvalue weighted by atomic mass is 35.5. The Kier molecular flexibility index (Phi) is 4.30. The lowest BCUT2D eigenvalue weighted by Gasteiger charge is -2.20. The average molecular weight is 295 g/mol. The van der Waals surface area contributed by atoms with Gasteiger partial charge in [-0.2, -0.15) is 5.10 Å². The number of para-hydroxylation sites is 1. The van der Waals surface area contributed by atoms with Gasteiger partial charge in [-0.05, 0) is 31.9 Å². The van der Waals surface area contributed by atoms with Gasteiger partial charge in [0.25, 0.3) is 5.91 Å².